The van der Waals surface area contributed by atoms with E-state index in [1.54, 1.807) is 0 Å². The molecule has 0 N–H and O–H groups in total. The van der Waals surface area contributed by atoms with Crippen LogP contribution in [-0.2, 0) is 28.6 Å². The van der Waals surface area contributed by atoms with Gasteiger partial charge in [-0.15, -0.1) is 0 Å². The molecule has 1 unspecified atom stereocenters. The fourth-order valence-corrected chi connectivity index (χ4v) is 8.49. The predicted octanol–water partition coefficient (Wildman–Crippen LogP) is 19.4. The van der Waals surface area contributed by atoms with Gasteiger partial charge in [0.15, 0.2) is 6.10 Å². The topological polar surface area (TPSA) is 78.9 Å². The van der Waals surface area contributed by atoms with Crippen LogP contribution < -0.4 is 0 Å². The highest BCUT2D eigenvalue weighted by Crippen LogP contribution is 2.17. The molecule has 6 nitrogen and oxygen atoms in total. The molecule has 390 valence electrons. The molecule has 67 heavy (non-hydrogen) atoms. The van der Waals surface area contributed by atoms with E-state index >= 15 is 0 Å². The maximum absolute atomic E-state index is 12.8. The van der Waals surface area contributed by atoms with Gasteiger partial charge in [-0.25, -0.2) is 0 Å². The Morgan fingerprint density at radius 2 is 0.582 bits per heavy atom. The largest absolute Gasteiger partial charge is 0.462 e. The van der Waals surface area contributed by atoms with E-state index in [1.165, 1.54) is 180 Å². The molecule has 0 aromatic carbocycles. The van der Waals surface area contributed by atoms with Gasteiger partial charge in [-0.1, -0.05) is 275 Å². The molecule has 0 heterocycles. The molecule has 0 aromatic rings. The molecule has 0 bridgehead atoms. The van der Waals surface area contributed by atoms with Crippen molar-refractivity contribution in [1.82, 2.24) is 0 Å². The summed E-state index contributed by atoms with van der Waals surface area (Å²) in [6.45, 7) is 6.55. The van der Waals surface area contributed by atoms with Gasteiger partial charge in [-0.05, 0) is 57.8 Å². The van der Waals surface area contributed by atoms with E-state index < -0.39 is 6.10 Å². The fraction of sp³-hybridized carbons (Fsp3) is 0.820. The normalized spacial score (nSPS) is 12.3. The molecule has 0 saturated carbocycles. The molecule has 0 fully saturated rings. The third-order valence-electron chi connectivity index (χ3n) is 12.8. The number of rotatable bonds is 53. The summed E-state index contributed by atoms with van der Waals surface area (Å²) in [6.07, 6.45) is 68.2. The van der Waals surface area contributed by atoms with Crippen LogP contribution in [0.4, 0.5) is 0 Å². The highest BCUT2D eigenvalue weighted by Gasteiger charge is 2.19. The summed E-state index contributed by atoms with van der Waals surface area (Å²) >= 11 is 0. The maximum atomic E-state index is 12.8. The molecule has 1 atom stereocenters. The van der Waals surface area contributed by atoms with Crippen LogP contribution in [0, 0.1) is 0 Å². The Labute approximate surface area is 416 Å². The third-order valence-corrected chi connectivity index (χ3v) is 12.8. The Bertz CT molecular complexity index is 1170. The van der Waals surface area contributed by atoms with Crippen molar-refractivity contribution in [3.05, 3.63) is 48.6 Å². The number of ether oxygens (including phenoxy) is 3. The number of allylic oxidation sites excluding steroid dienone is 8. The molecule has 0 aliphatic rings. The summed E-state index contributed by atoms with van der Waals surface area (Å²) in [5.74, 6) is -0.859. The molecule has 6 heteroatoms. The van der Waals surface area contributed by atoms with Crippen molar-refractivity contribution in [3.8, 4) is 0 Å². The van der Waals surface area contributed by atoms with Gasteiger partial charge in [0.1, 0.15) is 13.2 Å². The summed E-state index contributed by atoms with van der Waals surface area (Å²) < 4.78 is 16.9. The van der Waals surface area contributed by atoms with E-state index in [-0.39, 0.29) is 31.1 Å². The third kappa shape index (κ3) is 54.2. The van der Waals surface area contributed by atoms with Crippen LogP contribution in [0.5, 0.6) is 0 Å². The minimum atomic E-state index is -0.770. The first-order chi connectivity index (χ1) is 33.0. The quantitative estimate of drug-likeness (QED) is 0.0262. The van der Waals surface area contributed by atoms with E-state index in [4.69, 9.17) is 14.2 Å². The van der Waals surface area contributed by atoms with Crippen LogP contribution >= 0.6 is 0 Å². The van der Waals surface area contributed by atoms with Crippen molar-refractivity contribution in [2.75, 3.05) is 13.2 Å². The van der Waals surface area contributed by atoms with Gasteiger partial charge in [-0.3, -0.25) is 14.4 Å². The zero-order chi connectivity index (χ0) is 48.6. The van der Waals surface area contributed by atoms with Crippen LogP contribution in [0.1, 0.15) is 303 Å². The first kappa shape index (κ1) is 64.4. The lowest BCUT2D eigenvalue weighted by molar-refractivity contribution is -0.167. The summed E-state index contributed by atoms with van der Waals surface area (Å²) in [5.41, 5.74) is 0. The van der Waals surface area contributed by atoms with E-state index in [2.05, 4.69) is 69.4 Å². The van der Waals surface area contributed by atoms with E-state index in [9.17, 15) is 14.4 Å². The molecule has 0 radical (unpaired) electrons. The van der Waals surface area contributed by atoms with Gasteiger partial charge in [0.25, 0.3) is 0 Å². The fourth-order valence-electron chi connectivity index (χ4n) is 8.49. The highest BCUT2D eigenvalue weighted by molar-refractivity contribution is 5.71. The van der Waals surface area contributed by atoms with Crippen molar-refractivity contribution in [1.29, 1.82) is 0 Å². The summed E-state index contributed by atoms with van der Waals surface area (Å²) in [5, 5.41) is 0. The van der Waals surface area contributed by atoms with Crippen LogP contribution in [-0.4, -0.2) is 37.2 Å². The molecular weight excluding hydrogens is 829 g/mol. The molecular formula is C61H110O6. The number of carbonyl (C=O) groups excluding carboxylic acids is 3. The lowest BCUT2D eigenvalue weighted by Gasteiger charge is -2.18. The minimum Gasteiger partial charge on any atom is -0.462 e. The van der Waals surface area contributed by atoms with Crippen molar-refractivity contribution in [3.63, 3.8) is 0 Å². The monoisotopic (exact) mass is 939 g/mol. The van der Waals surface area contributed by atoms with Gasteiger partial charge >= 0.3 is 17.9 Å². The number of esters is 3. The zero-order valence-corrected chi connectivity index (χ0v) is 44.7. The van der Waals surface area contributed by atoms with E-state index in [1.807, 2.05) is 0 Å². The first-order valence-electron chi connectivity index (χ1n) is 29.1. The second-order valence-electron chi connectivity index (χ2n) is 19.5. The first-order valence-corrected chi connectivity index (χ1v) is 29.1. The second kappa shape index (κ2) is 56.0. The Morgan fingerprint density at radius 1 is 0.313 bits per heavy atom. The molecule has 0 aromatic heterocycles. The Hall–Kier alpha value is -2.63. The Kier molecular flexibility index (Phi) is 53.8. The molecule has 0 spiro atoms. The average Bonchev–Trinajstić information content (AvgIpc) is 3.33. The molecule has 0 amide bonds. The van der Waals surface area contributed by atoms with Gasteiger partial charge in [-0.2, -0.15) is 0 Å². The number of hydrogen-bond acceptors (Lipinski definition) is 6. The summed E-state index contributed by atoms with van der Waals surface area (Å²) in [4.78, 5) is 38.1. The SMILES string of the molecule is CC/C=C\C/C=C\C/C=C\C/C=C\CCCCCCCCCCCCC(=O)OCC(COC(=O)CCCCCCCCCCCC)OC(=O)CCCCCCCCCCCCCCCCCC. The van der Waals surface area contributed by atoms with Crippen LogP contribution in [0.2, 0.25) is 0 Å². The van der Waals surface area contributed by atoms with Crippen molar-refractivity contribution < 1.29 is 28.6 Å². The van der Waals surface area contributed by atoms with E-state index in [0.717, 1.165) is 83.5 Å². The van der Waals surface area contributed by atoms with Gasteiger partial charge < -0.3 is 14.2 Å². The van der Waals surface area contributed by atoms with Crippen LogP contribution in [0.3, 0.4) is 0 Å². The van der Waals surface area contributed by atoms with E-state index in [0.29, 0.717) is 19.3 Å². The summed E-state index contributed by atoms with van der Waals surface area (Å²) in [7, 11) is 0. The van der Waals surface area contributed by atoms with Crippen molar-refractivity contribution in [2.45, 2.75) is 309 Å². The Morgan fingerprint density at radius 3 is 0.910 bits per heavy atom. The Balaban J connectivity index is 4.24. The zero-order valence-electron chi connectivity index (χ0n) is 44.7. The lowest BCUT2D eigenvalue weighted by Crippen LogP contribution is -2.30. The van der Waals surface area contributed by atoms with Crippen molar-refractivity contribution >= 4 is 17.9 Å². The molecule has 0 aliphatic heterocycles. The van der Waals surface area contributed by atoms with Gasteiger partial charge in [0.05, 0.1) is 0 Å². The minimum absolute atomic E-state index is 0.0696. The van der Waals surface area contributed by atoms with Gasteiger partial charge in [0.2, 0.25) is 0 Å². The lowest BCUT2D eigenvalue weighted by atomic mass is 10.0. The predicted molar refractivity (Wildman–Crippen MR) is 289 cm³/mol. The van der Waals surface area contributed by atoms with Crippen LogP contribution in [0.25, 0.3) is 0 Å². The second-order valence-corrected chi connectivity index (χ2v) is 19.5. The standard InChI is InChI=1S/C61H110O6/c1-4-7-10-13-16-19-22-24-26-28-29-30-31-32-33-34-36-37-39-42-45-48-51-54-60(63)66-57-58(56-65-59(62)53-50-47-44-41-21-18-15-12-9-6-3)67-61(64)55-52-49-46-43-40-38-35-27-25-23-20-17-14-11-8-5-2/h7,10,16,19,24,26,29-30,58H,4-6,8-9,11-15,17-18,20-23,25,27-28,31-57H2,1-3H3/b10-7-,19-16-,26-24-,30-29-. The number of carbonyl (C=O) groups is 3. The van der Waals surface area contributed by atoms with Crippen molar-refractivity contribution in [2.24, 2.45) is 0 Å². The highest BCUT2D eigenvalue weighted by atomic mass is 16.6. The van der Waals surface area contributed by atoms with Gasteiger partial charge in [0, 0.05) is 19.3 Å². The average molecular weight is 940 g/mol. The maximum Gasteiger partial charge on any atom is 0.306 e. The molecule has 0 saturated heterocycles. The summed E-state index contributed by atoms with van der Waals surface area (Å²) in [6, 6.07) is 0. The van der Waals surface area contributed by atoms with Crippen LogP contribution in [0.15, 0.2) is 48.6 Å². The number of hydrogen-bond donors (Lipinski definition) is 0. The smallest absolute Gasteiger partial charge is 0.306 e. The number of unbranched alkanes of at least 4 members (excludes halogenated alkanes) is 34. The molecule has 0 rings (SSSR count). The molecule has 0 aliphatic carbocycles.